The maximum Gasteiger partial charge on any atom is 0.261 e. The molecule has 1 aliphatic rings. The van der Waals surface area contributed by atoms with Crippen LogP contribution in [0.1, 0.15) is 58.9 Å². The molecule has 1 fully saturated rings. The topological polar surface area (TPSA) is 53.6 Å². The van der Waals surface area contributed by atoms with Gasteiger partial charge in [0, 0.05) is 60.8 Å². The SMILES string of the molecule is CO[C@@H](C)c1ncc(N2CCN(C)CC2)cc1-c1[nH]c2ccc(Br)cc2c1CC(C)(C)CO[Si](c1ccccc1)(c1ccccc1)C(C)(C)C. The number of hydrogen-bond donors (Lipinski definition) is 1. The van der Waals surface area contributed by atoms with Gasteiger partial charge in [0.05, 0.1) is 29.4 Å². The molecule has 0 aliphatic carbocycles. The number of aromatic nitrogens is 2. The van der Waals surface area contributed by atoms with Gasteiger partial charge in [0.25, 0.3) is 8.32 Å². The molecule has 1 N–H and O–H groups in total. The van der Waals surface area contributed by atoms with Crippen LogP contribution in [0.15, 0.2) is 95.6 Å². The molecule has 6 nitrogen and oxygen atoms in total. The van der Waals surface area contributed by atoms with E-state index >= 15 is 0 Å². The average molecular weight is 754 g/mol. The van der Waals surface area contributed by atoms with Crippen molar-refractivity contribution >= 4 is 51.2 Å². The smallest absolute Gasteiger partial charge is 0.261 e. The lowest BCUT2D eigenvalue weighted by molar-refractivity contribution is 0.116. The van der Waals surface area contributed by atoms with Crippen LogP contribution in [-0.2, 0) is 15.6 Å². The second-order valence-electron chi connectivity index (χ2n) is 15.8. The molecule has 8 heteroatoms. The van der Waals surface area contributed by atoms with E-state index < -0.39 is 8.32 Å². The lowest BCUT2D eigenvalue weighted by Crippen LogP contribution is -2.67. The Hall–Kier alpha value is -3.27. The molecule has 0 amide bonds. The number of rotatable bonds is 11. The highest BCUT2D eigenvalue weighted by molar-refractivity contribution is 9.10. The average Bonchev–Trinajstić information content (AvgIpc) is 3.44. The fourth-order valence-electron chi connectivity index (χ4n) is 7.57. The standard InChI is InChI=1S/C42H53BrN4O2Si/c1-30(48-8)39-36(26-32(28-44-39)47-23-21-46(7)22-24-47)40-37(35-25-31(43)19-20-38(35)45-40)27-42(5,6)29-49-50(41(2,3)4,33-15-11-9-12-16-33)34-17-13-10-14-18-34/h9-20,25-26,28,30,45H,21-24,27,29H2,1-8H3/t30-/m0/s1. The Balaban J connectivity index is 1.44. The second-order valence-corrected chi connectivity index (χ2v) is 21.0. The number of aromatic amines is 1. The summed E-state index contributed by atoms with van der Waals surface area (Å²) in [6.45, 7) is 18.5. The summed E-state index contributed by atoms with van der Waals surface area (Å²) in [5.74, 6) is 0. The van der Waals surface area contributed by atoms with Crippen LogP contribution in [0.25, 0.3) is 22.2 Å². The minimum atomic E-state index is -2.71. The number of likely N-dealkylation sites (N-methyl/N-ethyl adjacent to an activating group) is 1. The number of H-pyrrole nitrogens is 1. The van der Waals surface area contributed by atoms with Crippen LogP contribution in [0.3, 0.4) is 0 Å². The maximum atomic E-state index is 7.52. The summed E-state index contributed by atoms with van der Waals surface area (Å²) >= 11 is 3.78. The summed E-state index contributed by atoms with van der Waals surface area (Å²) < 4.78 is 14.5. The van der Waals surface area contributed by atoms with Gasteiger partial charge in [-0.1, -0.05) is 111 Å². The number of nitrogens with zero attached hydrogens (tertiary/aromatic N) is 3. The van der Waals surface area contributed by atoms with Crippen LogP contribution in [-0.4, -0.2) is 70.1 Å². The van der Waals surface area contributed by atoms with Crippen molar-refractivity contribution < 1.29 is 9.16 Å². The van der Waals surface area contributed by atoms with Gasteiger partial charge in [-0.2, -0.15) is 0 Å². The number of halogens is 1. The van der Waals surface area contributed by atoms with Crippen molar-refractivity contribution in [1.82, 2.24) is 14.9 Å². The Labute approximate surface area is 308 Å². The van der Waals surface area contributed by atoms with Gasteiger partial charge < -0.3 is 23.9 Å². The van der Waals surface area contributed by atoms with E-state index in [4.69, 9.17) is 14.1 Å². The molecule has 2 aromatic heterocycles. The first-order valence-electron chi connectivity index (χ1n) is 17.8. The highest BCUT2D eigenvalue weighted by Gasteiger charge is 2.50. The van der Waals surface area contributed by atoms with Crippen molar-refractivity contribution in [1.29, 1.82) is 0 Å². The molecule has 3 aromatic carbocycles. The molecule has 0 radical (unpaired) electrons. The first kappa shape index (κ1) is 36.5. The van der Waals surface area contributed by atoms with Gasteiger partial charge in [-0.3, -0.25) is 4.98 Å². The summed E-state index contributed by atoms with van der Waals surface area (Å²) in [4.78, 5) is 13.8. The number of anilines is 1. The van der Waals surface area contributed by atoms with Crippen molar-refractivity contribution in [3.63, 3.8) is 0 Å². The van der Waals surface area contributed by atoms with Crippen molar-refractivity contribution in [3.8, 4) is 11.3 Å². The van der Waals surface area contributed by atoms with Crippen molar-refractivity contribution in [2.45, 2.75) is 59.1 Å². The lowest BCUT2D eigenvalue weighted by atomic mass is 9.84. The van der Waals surface area contributed by atoms with Gasteiger partial charge in [-0.25, -0.2) is 0 Å². The summed E-state index contributed by atoms with van der Waals surface area (Å²) in [7, 11) is 1.24. The molecule has 0 unspecified atom stereocenters. The van der Waals surface area contributed by atoms with Crippen molar-refractivity contribution in [2.24, 2.45) is 5.41 Å². The summed E-state index contributed by atoms with van der Waals surface area (Å²) in [5.41, 5.74) is 6.50. The predicted molar refractivity (Wildman–Crippen MR) is 215 cm³/mol. The quantitative estimate of drug-likeness (QED) is 0.137. The normalized spacial score (nSPS) is 15.5. The summed E-state index contributed by atoms with van der Waals surface area (Å²) in [6.07, 6.45) is 2.68. The number of nitrogens with one attached hydrogen (secondary N) is 1. The van der Waals surface area contributed by atoms with Crippen LogP contribution in [0.2, 0.25) is 5.04 Å². The molecular formula is C42H53BrN4O2Si. The first-order chi connectivity index (χ1) is 23.8. The predicted octanol–water partition coefficient (Wildman–Crippen LogP) is 8.60. The van der Waals surface area contributed by atoms with Crippen LogP contribution in [0, 0.1) is 5.41 Å². The molecule has 0 saturated carbocycles. The third-order valence-electron chi connectivity index (χ3n) is 10.4. The maximum absolute atomic E-state index is 7.52. The van der Waals surface area contributed by atoms with E-state index in [9.17, 15) is 0 Å². The highest BCUT2D eigenvalue weighted by atomic mass is 79.9. The molecule has 50 heavy (non-hydrogen) atoms. The van der Waals surface area contributed by atoms with Crippen LogP contribution in [0.4, 0.5) is 5.69 Å². The van der Waals surface area contributed by atoms with E-state index in [1.807, 2.05) is 6.20 Å². The third kappa shape index (κ3) is 7.37. The summed E-state index contributed by atoms with van der Waals surface area (Å²) in [6, 6.07) is 30.8. The molecule has 3 heterocycles. The van der Waals surface area contributed by atoms with Crippen molar-refractivity contribution in [3.05, 3.63) is 107 Å². The van der Waals surface area contributed by atoms with E-state index in [0.29, 0.717) is 6.61 Å². The van der Waals surface area contributed by atoms with E-state index in [2.05, 4.69) is 164 Å². The number of fused-ring (bicyclic) bond motifs is 1. The fraction of sp³-hybridized carbons (Fsp3) is 0.405. The van der Waals surface area contributed by atoms with Crippen LogP contribution >= 0.6 is 15.9 Å². The molecule has 6 rings (SSSR count). The van der Waals surface area contributed by atoms with Crippen molar-refractivity contribution in [2.75, 3.05) is 51.8 Å². The Bertz CT molecular complexity index is 1860. The molecular weight excluding hydrogens is 700 g/mol. The van der Waals surface area contributed by atoms with Crippen LogP contribution in [0.5, 0.6) is 0 Å². The van der Waals surface area contributed by atoms with Gasteiger partial charge in [-0.15, -0.1) is 0 Å². The largest absolute Gasteiger partial charge is 0.407 e. The van der Waals surface area contributed by atoms with E-state index in [0.717, 1.165) is 65.2 Å². The first-order valence-corrected chi connectivity index (χ1v) is 20.5. The minimum absolute atomic E-state index is 0.0941. The molecule has 264 valence electrons. The van der Waals surface area contributed by atoms with Gasteiger partial charge in [0.15, 0.2) is 0 Å². The minimum Gasteiger partial charge on any atom is -0.407 e. The third-order valence-corrected chi connectivity index (χ3v) is 15.9. The molecule has 1 aliphatic heterocycles. The van der Waals surface area contributed by atoms with Crippen LogP contribution < -0.4 is 15.3 Å². The number of pyridine rings is 1. The van der Waals surface area contributed by atoms with Gasteiger partial charge in [0.1, 0.15) is 0 Å². The number of methoxy groups -OCH3 is 1. The molecule has 1 saturated heterocycles. The Morgan fingerprint density at radius 1 is 0.880 bits per heavy atom. The second kappa shape index (κ2) is 14.8. The molecule has 0 spiro atoms. The highest BCUT2D eigenvalue weighted by Crippen LogP contribution is 2.42. The van der Waals surface area contributed by atoms with E-state index in [1.165, 1.54) is 21.3 Å². The monoisotopic (exact) mass is 752 g/mol. The van der Waals surface area contributed by atoms with Gasteiger partial charge in [0.2, 0.25) is 0 Å². The lowest BCUT2D eigenvalue weighted by Gasteiger charge is -2.44. The zero-order chi connectivity index (χ0) is 35.7. The molecule has 5 aromatic rings. The molecule has 1 atom stereocenters. The molecule has 0 bridgehead atoms. The van der Waals surface area contributed by atoms with Gasteiger partial charge >= 0.3 is 0 Å². The Kier molecular flexibility index (Phi) is 10.8. The Morgan fingerprint density at radius 2 is 1.50 bits per heavy atom. The number of benzene rings is 3. The zero-order valence-corrected chi connectivity index (χ0v) is 33.6. The number of piperazine rings is 1. The summed E-state index contributed by atoms with van der Waals surface area (Å²) in [5, 5.41) is 3.73. The fourth-order valence-corrected chi connectivity index (χ4v) is 12.7. The zero-order valence-electron chi connectivity index (χ0n) is 31.0. The van der Waals surface area contributed by atoms with Gasteiger partial charge in [-0.05, 0) is 71.0 Å². The Morgan fingerprint density at radius 3 is 2.08 bits per heavy atom. The number of hydrogen-bond acceptors (Lipinski definition) is 5. The van der Waals surface area contributed by atoms with E-state index in [1.54, 1.807) is 7.11 Å². The van der Waals surface area contributed by atoms with E-state index in [-0.39, 0.29) is 16.6 Å². The number of ether oxygens (including phenoxy) is 1.